The van der Waals surface area contributed by atoms with Gasteiger partial charge in [-0.3, -0.25) is 0 Å². The fourth-order valence-corrected chi connectivity index (χ4v) is 2.33. The molecule has 0 saturated heterocycles. The minimum atomic E-state index is -0.0430. The third kappa shape index (κ3) is 7.21. The Hall–Kier alpha value is -1.75. The van der Waals surface area contributed by atoms with E-state index in [1.807, 2.05) is 38.2 Å². The van der Waals surface area contributed by atoms with Crippen LogP contribution in [-0.4, -0.2) is 55.7 Å². The summed E-state index contributed by atoms with van der Waals surface area (Å²) in [5.74, 6) is 0.844. The maximum absolute atomic E-state index is 12.2. The summed E-state index contributed by atoms with van der Waals surface area (Å²) in [4.78, 5) is 16.2. The molecule has 5 nitrogen and oxygen atoms in total. The predicted octanol–water partition coefficient (Wildman–Crippen LogP) is 3.35. The zero-order chi connectivity index (χ0) is 17.9. The molecule has 0 spiro atoms. The number of hydrogen-bond donors (Lipinski definition) is 1. The predicted molar refractivity (Wildman–Crippen MR) is 99.5 cm³/mol. The first-order chi connectivity index (χ1) is 11.5. The monoisotopic (exact) mass is 335 g/mol. The molecule has 0 bridgehead atoms. The second-order valence-corrected chi connectivity index (χ2v) is 6.41. The molecule has 136 valence electrons. The first-order valence-corrected chi connectivity index (χ1v) is 8.85. The lowest BCUT2D eigenvalue weighted by atomic mass is 10.2. The molecule has 2 amide bonds. The normalized spacial score (nSPS) is 11.0. The lowest BCUT2D eigenvalue weighted by molar-refractivity contribution is 0.205. The van der Waals surface area contributed by atoms with Crippen molar-refractivity contribution in [3.05, 3.63) is 29.8 Å². The summed E-state index contributed by atoms with van der Waals surface area (Å²) in [6.45, 7) is 9.28. The topological polar surface area (TPSA) is 44.8 Å². The van der Waals surface area contributed by atoms with Crippen LogP contribution in [0, 0.1) is 0 Å². The van der Waals surface area contributed by atoms with Gasteiger partial charge in [0.2, 0.25) is 0 Å². The molecule has 0 radical (unpaired) electrons. The number of unbranched alkanes of at least 4 members (excludes halogenated alkanes) is 1. The molecule has 0 unspecified atom stereocenters. The highest BCUT2D eigenvalue weighted by Gasteiger charge is 2.11. The molecular weight excluding hydrogens is 302 g/mol. The molecule has 1 rings (SSSR count). The largest absolute Gasteiger partial charge is 0.494 e. The second kappa shape index (κ2) is 10.9. The number of urea groups is 1. The average Bonchev–Trinajstić information content (AvgIpc) is 2.56. The Labute approximate surface area is 147 Å². The summed E-state index contributed by atoms with van der Waals surface area (Å²) < 4.78 is 5.61. The van der Waals surface area contributed by atoms with E-state index in [4.69, 9.17) is 4.74 Å². The summed E-state index contributed by atoms with van der Waals surface area (Å²) in [5.41, 5.74) is 1.02. The molecular formula is C19H33N3O2. The number of hydrogen-bond acceptors (Lipinski definition) is 3. The highest BCUT2D eigenvalue weighted by atomic mass is 16.5. The van der Waals surface area contributed by atoms with Crippen LogP contribution in [0.5, 0.6) is 5.75 Å². The van der Waals surface area contributed by atoms with Crippen LogP contribution in [0.15, 0.2) is 24.3 Å². The number of nitrogens with zero attached hydrogens (tertiary/aromatic N) is 2. The zero-order valence-electron chi connectivity index (χ0n) is 15.8. The smallest absolute Gasteiger partial charge is 0.317 e. The van der Waals surface area contributed by atoms with Crippen LogP contribution in [-0.2, 0) is 6.54 Å². The molecule has 0 saturated carbocycles. The van der Waals surface area contributed by atoms with Gasteiger partial charge in [0.05, 0.1) is 13.2 Å². The maximum Gasteiger partial charge on any atom is 0.317 e. The third-order valence-corrected chi connectivity index (χ3v) is 4.12. The van der Waals surface area contributed by atoms with E-state index in [1.54, 1.807) is 4.90 Å². The summed E-state index contributed by atoms with van der Waals surface area (Å²) in [6.07, 6.45) is 2.08. The van der Waals surface area contributed by atoms with Gasteiger partial charge in [-0.2, -0.15) is 0 Å². The van der Waals surface area contributed by atoms with Gasteiger partial charge in [-0.15, -0.1) is 0 Å². The van der Waals surface area contributed by atoms with Crippen molar-refractivity contribution < 1.29 is 9.53 Å². The van der Waals surface area contributed by atoms with E-state index in [1.165, 1.54) is 0 Å². The minimum Gasteiger partial charge on any atom is -0.494 e. The number of amides is 2. The molecule has 1 aromatic rings. The van der Waals surface area contributed by atoms with Crippen LogP contribution in [0.2, 0.25) is 0 Å². The van der Waals surface area contributed by atoms with Crippen molar-refractivity contribution in [3.8, 4) is 5.75 Å². The van der Waals surface area contributed by atoms with Gasteiger partial charge in [0, 0.05) is 25.2 Å². The van der Waals surface area contributed by atoms with Crippen molar-refractivity contribution in [2.45, 2.75) is 46.2 Å². The molecule has 1 N–H and O–H groups in total. The number of carbonyl (C=O) groups excluding carboxylic acids is 1. The summed E-state index contributed by atoms with van der Waals surface area (Å²) in [5, 5.41) is 2.98. The average molecular weight is 335 g/mol. The van der Waals surface area contributed by atoms with Crippen molar-refractivity contribution in [1.29, 1.82) is 0 Å². The van der Waals surface area contributed by atoms with Gasteiger partial charge >= 0.3 is 6.03 Å². The van der Waals surface area contributed by atoms with Gasteiger partial charge in [-0.25, -0.2) is 4.79 Å². The minimum absolute atomic E-state index is 0.0430. The molecule has 1 aromatic carbocycles. The van der Waals surface area contributed by atoms with Crippen molar-refractivity contribution in [1.82, 2.24) is 15.1 Å². The molecule has 5 heteroatoms. The van der Waals surface area contributed by atoms with Gasteiger partial charge in [-0.1, -0.05) is 18.2 Å². The van der Waals surface area contributed by atoms with Crippen LogP contribution in [0.3, 0.4) is 0 Å². The standard InChI is InChI=1S/C19H33N3O2/c1-6-24-18-12-8-7-11-17(18)15-22(5)19(23)20-13-9-10-14-21(4)16(2)3/h7-8,11-12,16H,6,9-10,13-15H2,1-5H3,(H,20,23). The second-order valence-electron chi connectivity index (χ2n) is 6.41. The summed E-state index contributed by atoms with van der Waals surface area (Å²) in [6, 6.07) is 8.37. The highest BCUT2D eigenvalue weighted by Crippen LogP contribution is 2.19. The van der Waals surface area contributed by atoms with Crippen molar-refractivity contribution in [2.75, 3.05) is 33.8 Å². The van der Waals surface area contributed by atoms with Gasteiger partial charge in [-0.05, 0) is 53.3 Å². The summed E-state index contributed by atoms with van der Waals surface area (Å²) in [7, 11) is 3.94. The number of carbonyl (C=O) groups is 1. The molecule has 0 aliphatic rings. The zero-order valence-corrected chi connectivity index (χ0v) is 15.8. The van der Waals surface area contributed by atoms with Crippen molar-refractivity contribution >= 4 is 6.03 Å². The molecule has 24 heavy (non-hydrogen) atoms. The van der Waals surface area contributed by atoms with Gasteiger partial charge in [0.25, 0.3) is 0 Å². The Kier molecular flexibility index (Phi) is 9.23. The lowest BCUT2D eigenvalue weighted by Gasteiger charge is -2.21. The van der Waals surface area contributed by atoms with Crippen LogP contribution in [0.1, 0.15) is 39.2 Å². The summed E-state index contributed by atoms with van der Waals surface area (Å²) >= 11 is 0. The third-order valence-electron chi connectivity index (χ3n) is 4.12. The van der Waals surface area contributed by atoms with E-state index in [9.17, 15) is 4.79 Å². The number of para-hydroxylation sites is 1. The van der Waals surface area contributed by atoms with Gasteiger partial charge < -0.3 is 19.9 Å². The quantitative estimate of drug-likeness (QED) is 0.667. The number of benzene rings is 1. The SMILES string of the molecule is CCOc1ccccc1CN(C)C(=O)NCCCCN(C)C(C)C. The molecule has 0 aromatic heterocycles. The van der Waals surface area contributed by atoms with Crippen LogP contribution in [0.4, 0.5) is 4.79 Å². The molecule has 0 heterocycles. The van der Waals surface area contributed by atoms with E-state index in [2.05, 4.69) is 31.1 Å². The first kappa shape index (κ1) is 20.3. The first-order valence-electron chi connectivity index (χ1n) is 8.85. The fourth-order valence-electron chi connectivity index (χ4n) is 2.33. The molecule has 0 aliphatic heterocycles. The van der Waals surface area contributed by atoms with E-state index < -0.39 is 0 Å². The van der Waals surface area contributed by atoms with E-state index in [0.717, 1.165) is 30.7 Å². The van der Waals surface area contributed by atoms with Crippen LogP contribution in [0.25, 0.3) is 0 Å². The maximum atomic E-state index is 12.2. The van der Waals surface area contributed by atoms with E-state index in [-0.39, 0.29) is 6.03 Å². The highest BCUT2D eigenvalue weighted by molar-refractivity contribution is 5.73. The lowest BCUT2D eigenvalue weighted by Crippen LogP contribution is -2.37. The van der Waals surface area contributed by atoms with E-state index in [0.29, 0.717) is 25.7 Å². The number of rotatable bonds is 10. The Morgan fingerprint density at radius 3 is 2.58 bits per heavy atom. The Balaban J connectivity index is 2.33. The van der Waals surface area contributed by atoms with Crippen LogP contribution < -0.4 is 10.1 Å². The molecule has 0 atom stereocenters. The van der Waals surface area contributed by atoms with Crippen molar-refractivity contribution in [3.63, 3.8) is 0 Å². The van der Waals surface area contributed by atoms with Crippen LogP contribution >= 0.6 is 0 Å². The number of ether oxygens (including phenoxy) is 1. The fraction of sp³-hybridized carbons (Fsp3) is 0.632. The Morgan fingerprint density at radius 2 is 1.92 bits per heavy atom. The molecule has 0 aliphatic carbocycles. The van der Waals surface area contributed by atoms with E-state index >= 15 is 0 Å². The molecule has 0 fully saturated rings. The Morgan fingerprint density at radius 1 is 1.21 bits per heavy atom. The van der Waals surface area contributed by atoms with Gasteiger partial charge in [0.15, 0.2) is 0 Å². The number of nitrogens with one attached hydrogen (secondary N) is 1. The Bertz CT molecular complexity index is 491. The van der Waals surface area contributed by atoms with Gasteiger partial charge in [0.1, 0.15) is 5.75 Å². The van der Waals surface area contributed by atoms with Crippen molar-refractivity contribution in [2.24, 2.45) is 0 Å².